The molecular weight excluding hydrogens is 391 g/mol. The van der Waals surface area contributed by atoms with E-state index in [0.717, 1.165) is 11.1 Å². The first-order chi connectivity index (χ1) is 14.4. The van der Waals surface area contributed by atoms with Gasteiger partial charge in [0, 0.05) is 18.7 Å². The smallest absolute Gasteiger partial charge is 0.316 e. The normalized spacial score (nSPS) is 10.5. The SMILES string of the molecule is Cc1cccc(OCC(=O)NCCNC(=O)c2nc(-c3ccc(F)cc3)no2)c1C. The van der Waals surface area contributed by atoms with Crippen molar-refractivity contribution in [2.75, 3.05) is 19.7 Å². The number of rotatable bonds is 8. The van der Waals surface area contributed by atoms with E-state index in [9.17, 15) is 14.0 Å². The molecule has 0 aliphatic heterocycles. The summed E-state index contributed by atoms with van der Waals surface area (Å²) >= 11 is 0. The fourth-order valence-electron chi connectivity index (χ4n) is 2.56. The summed E-state index contributed by atoms with van der Waals surface area (Å²) in [6, 6.07) is 11.1. The lowest BCUT2D eigenvalue weighted by atomic mass is 10.1. The molecule has 1 aromatic heterocycles. The number of carbonyl (C=O) groups is 2. The minimum Gasteiger partial charge on any atom is -0.483 e. The van der Waals surface area contributed by atoms with Crippen LogP contribution in [0.4, 0.5) is 4.39 Å². The standard InChI is InChI=1S/C21H21FN4O4/c1-13-4-3-5-17(14(13)2)29-12-18(27)23-10-11-24-20(28)21-25-19(26-30-21)15-6-8-16(22)9-7-15/h3-9H,10-12H2,1-2H3,(H,23,27)(H,24,28). The Balaban J connectivity index is 1.40. The van der Waals surface area contributed by atoms with Crippen molar-refractivity contribution in [3.63, 3.8) is 0 Å². The predicted octanol–water partition coefficient (Wildman–Crippen LogP) is 2.42. The lowest BCUT2D eigenvalue weighted by molar-refractivity contribution is -0.123. The minimum atomic E-state index is -0.572. The minimum absolute atomic E-state index is 0.122. The Kier molecular flexibility index (Phi) is 6.74. The van der Waals surface area contributed by atoms with Crippen LogP contribution in [0.3, 0.4) is 0 Å². The number of benzene rings is 2. The van der Waals surface area contributed by atoms with Gasteiger partial charge in [0.1, 0.15) is 11.6 Å². The molecule has 0 radical (unpaired) electrons. The first-order valence-electron chi connectivity index (χ1n) is 9.27. The fourth-order valence-corrected chi connectivity index (χ4v) is 2.56. The van der Waals surface area contributed by atoms with Crippen LogP contribution in [0.5, 0.6) is 5.75 Å². The number of amides is 2. The van der Waals surface area contributed by atoms with E-state index in [2.05, 4.69) is 20.8 Å². The second kappa shape index (κ2) is 9.64. The van der Waals surface area contributed by atoms with Gasteiger partial charge >= 0.3 is 11.8 Å². The summed E-state index contributed by atoms with van der Waals surface area (Å²) in [4.78, 5) is 27.9. The summed E-state index contributed by atoms with van der Waals surface area (Å²) in [5, 5.41) is 8.92. The number of carbonyl (C=O) groups excluding carboxylic acids is 2. The molecule has 0 saturated carbocycles. The number of aromatic nitrogens is 2. The second-order valence-corrected chi connectivity index (χ2v) is 6.52. The van der Waals surface area contributed by atoms with E-state index in [4.69, 9.17) is 9.26 Å². The molecule has 0 spiro atoms. The van der Waals surface area contributed by atoms with E-state index in [-0.39, 0.29) is 43.1 Å². The van der Waals surface area contributed by atoms with Crippen molar-refractivity contribution >= 4 is 11.8 Å². The van der Waals surface area contributed by atoms with Crippen molar-refractivity contribution < 1.29 is 23.2 Å². The van der Waals surface area contributed by atoms with Gasteiger partial charge in [0.2, 0.25) is 5.82 Å². The van der Waals surface area contributed by atoms with E-state index in [1.165, 1.54) is 24.3 Å². The third-order valence-electron chi connectivity index (χ3n) is 4.37. The highest BCUT2D eigenvalue weighted by molar-refractivity contribution is 5.89. The van der Waals surface area contributed by atoms with Crippen molar-refractivity contribution in [3.8, 4) is 17.1 Å². The molecule has 2 N–H and O–H groups in total. The molecule has 0 unspecified atom stereocenters. The maximum atomic E-state index is 13.0. The average Bonchev–Trinajstić information content (AvgIpc) is 3.23. The Hall–Kier alpha value is -3.75. The van der Waals surface area contributed by atoms with Gasteiger partial charge in [0.05, 0.1) is 0 Å². The average molecular weight is 412 g/mol. The lowest BCUT2D eigenvalue weighted by Crippen LogP contribution is -2.36. The largest absolute Gasteiger partial charge is 0.483 e. The van der Waals surface area contributed by atoms with Crippen LogP contribution in [0.1, 0.15) is 21.8 Å². The van der Waals surface area contributed by atoms with Crippen LogP contribution in [0.2, 0.25) is 0 Å². The highest BCUT2D eigenvalue weighted by atomic mass is 19.1. The maximum Gasteiger partial charge on any atom is 0.316 e. The monoisotopic (exact) mass is 412 g/mol. The van der Waals surface area contributed by atoms with Gasteiger partial charge in [-0.15, -0.1) is 0 Å². The molecule has 9 heteroatoms. The Morgan fingerprint density at radius 1 is 1.07 bits per heavy atom. The van der Waals surface area contributed by atoms with E-state index < -0.39 is 5.91 Å². The highest BCUT2D eigenvalue weighted by Crippen LogP contribution is 2.20. The Bertz CT molecular complexity index is 1030. The van der Waals surface area contributed by atoms with Crippen molar-refractivity contribution in [2.24, 2.45) is 0 Å². The maximum absolute atomic E-state index is 13.0. The van der Waals surface area contributed by atoms with E-state index in [1.54, 1.807) is 6.07 Å². The first kappa shape index (κ1) is 21.0. The van der Waals surface area contributed by atoms with Crippen molar-refractivity contribution in [1.29, 1.82) is 0 Å². The summed E-state index contributed by atoms with van der Waals surface area (Å²) in [5.41, 5.74) is 2.59. The molecule has 3 aromatic rings. The predicted molar refractivity (Wildman–Crippen MR) is 106 cm³/mol. The van der Waals surface area contributed by atoms with Crippen molar-refractivity contribution in [3.05, 3.63) is 65.3 Å². The molecule has 0 atom stereocenters. The second-order valence-electron chi connectivity index (χ2n) is 6.52. The van der Waals surface area contributed by atoms with Gasteiger partial charge in [-0.2, -0.15) is 4.98 Å². The van der Waals surface area contributed by atoms with E-state index in [1.807, 2.05) is 26.0 Å². The third-order valence-corrected chi connectivity index (χ3v) is 4.37. The molecule has 0 aliphatic carbocycles. The van der Waals surface area contributed by atoms with E-state index >= 15 is 0 Å². The van der Waals surface area contributed by atoms with Crippen LogP contribution in [0.25, 0.3) is 11.4 Å². The van der Waals surface area contributed by atoms with Gasteiger partial charge in [0.15, 0.2) is 6.61 Å². The summed E-state index contributed by atoms with van der Waals surface area (Å²) in [5.74, 6) is -0.650. The number of hydrogen-bond acceptors (Lipinski definition) is 6. The molecule has 3 rings (SSSR count). The molecule has 0 bridgehead atoms. The van der Waals surface area contributed by atoms with Gasteiger partial charge in [-0.1, -0.05) is 17.3 Å². The number of aryl methyl sites for hydroxylation is 1. The molecule has 0 aliphatic rings. The molecule has 8 nitrogen and oxygen atoms in total. The highest BCUT2D eigenvalue weighted by Gasteiger charge is 2.16. The van der Waals surface area contributed by atoms with Crippen LogP contribution in [-0.4, -0.2) is 41.7 Å². The number of hydrogen-bond donors (Lipinski definition) is 2. The first-order valence-corrected chi connectivity index (χ1v) is 9.27. The molecule has 0 fully saturated rings. The number of nitrogens with one attached hydrogen (secondary N) is 2. The van der Waals surface area contributed by atoms with Gasteiger partial charge in [-0.25, -0.2) is 4.39 Å². The molecule has 30 heavy (non-hydrogen) atoms. The van der Waals surface area contributed by atoms with Crippen molar-refractivity contribution in [2.45, 2.75) is 13.8 Å². The number of nitrogens with zero attached hydrogens (tertiary/aromatic N) is 2. The topological polar surface area (TPSA) is 106 Å². The van der Waals surface area contributed by atoms with E-state index in [0.29, 0.717) is 11.3 Å². The third kappa shape index (κ3) is 5.40. The molecule has 156 valence electrons. The van der Waals surface area contributed by atoms with Crippen LogP contribution in [-0.2, 0) is 4.79 Å². The summed E-state index contributed by atoms with van der Waals surface area (Å²) in [6.45, 7) is 4.15. The summed E-state index contributed by atoms with van der Waals surface area (Å²) < 4.78 is 23.4. The number of ether oxygens (including phenoxy) is 1. The van der Waals surface area contributed by atoms with Crippen LogP contribution < -0.4 is 15.4 Å². The van der Waals surface area contributed by atoms with Gasteiger partial charge < -0.3 is 19.9 Å². The van der Waals surface area contributed by atoms with Gasteiger partial charge in [-0.3, -0.25) is 9.59 Å². The Morgan fingerprint density at radius 2 is 1.80 bits per heavy atom. The Labute approximate surface area is 172 Å². The van der Waals surface area contributed by atoms with Gasteiger partial charge in [-0.05, 0) is 55.3 Å². The number of halogens is 1. The summed E-state index contributed by atoms with van der Waals surface area (Å²) in [6.07, 6.45) is 0. The van der Waals surface area contributed by atoms with Gasteiger partial charge in [0.25, 0.3) is 5.91 Å². The summed E-state index contributed by atoms with van der Waals surface area (Å²) in [7, 11) is 0. The van der Waals surface area contributed by atoms with Crippen LogP contribution in [0.15, 0.2) is 47.0 Å². The zero-order valence-electron chi connectivity index (χ0n) is 16.6. The molecule has 0 saturated heterocycles. The molecule has 1 heterocycles. The van der Waals surface area contributed by atoms with Crippen LogP contribution >= 0.6 is 0 Å². The molecule has 2 amide bonds. The zero-order chi connectivity index (χ0) is 21.5. The molecule has 2 aromatic carbocycles. The quantitative estimate of drug-likeness (QED) is 0.551. The lowest BCUT2D eigenvalue weighted by Gasteiger charge is -2.11. The van der Waals surface area contributed by atoms with Crippen molar-refractivity contribution in [1.82, 2.24) is 20.8 Å². The van der Waals surface area contributed by atoms with Crippen LogP contribution in [0, 0.1) is 19.7 Å². The fraction of sp³-hybridized carbons (Fsp3) is 0.238. The Morgan fingerprint density at radius 3 is 2.57 bits per heavy atom. The molecular formula is C21H21FN4O4. The zero-order valence-corrected chi connectivity index (χ0v) is 16.6.